The molecule has 0 saturated carbocycles. The van der Waals surface area contributed by atoms with Gasteiger partial charge in [-0.1, -0.05) is 6.07 Å². The van der Waals surface area contributed by atoms with Gasteiger partial charge in [-0.2, -0.15) is 0 Å². The molecule has 6 heteroatoms. The highest BCUT2D eigenvalue weighted by Gasteiger charge is 2.36. The summed E-state index contributed by atoms with van der Waals surface area (Å²) in [5.74, 6) is 0.0707. The average molecular weight is 329 g/mol. The Morgan fingerprint density at radius 3 is 2.61 bits per heavy atom. The third-order valence-electron chi connectivity index (χ3n) is 4.04. The highest BCUT2D eigenvalue weighted by atomic mass is 32.1. The highest BCUT2D eigenvalue weighted by molar-refractivity contribution is 7.09. The van der Waals surface area contributed by atoms with Crippen LogP contribution in [0.4, 0.5) is 0 Å². The van der Waals surface area contributed by atoms with E-state index in [0.717, 1.165) is 10.4 Å². The van der Waals surface area contributed by atoms with E-state index < -0.39 is 0 Å². The maximum atomic E-state index is 12.8. The van der Waals surface area contributed by atoms with Crippen molar-refractivity contribution in [1.82, 2.24) is 14.8 Å². The molecule has 1 aliphatic heterocycles. The van der Waals surface area contributed by atoms with Crippen LogP contribution in [0.2, 0.25) is 0 Å². The number of thiophene rings is 1. The normalized spacial score (nSPS) is 14.4. The van der Waals surface area contributed by atoms with Gasteiger partial charge in [0.2, 0.25) is 11.8 Å². The van der Waals surface area contributed by atoms with Crippen molar-refractivity contribution in [3.05, 3.63) is 52.5 Å². The zero-order valence-electron chi connectivity index (χ0n) is 13.0. The van der Waals surface area contributed by atoms with Crippen LogP contribution in [0.5, 0.6) is 0 Å². The van der Waals surface area contributed by atoms with Gasteiger partial charge >= 0.3 is 0 Å². The molecule has 1 aliphatic rings. The van der Waals surface area contributed by atoms with E-state index in [4.69, 9.17) is 0 Å². The summed E-state index contributed by atoms with van der Waals surface area (Å²) < 4.78 is 0. The Kier molecular flexibility index (Phi) is 4.71. The Morgan fingerprint density at radius 2 is 2.00 bits per heavy atom. The zero-order valence-corrected chi connectivity index (χ0v) is 13.8. The first-order valence-corrected chi connectivity index (χ1v) is 8.47. The number of rotatable bonds is 5. The first-order chi connectivity index (χ1) is 11.1. The van der Waals surface area contributed by atoms with Gasteiger partial charge in [-0.3, -0.25) is 14.6 Å². The number of aromatic nitrogens is 1. The number of nitrogens with zero attached hydrogens (tertiary/aromatic N) is 3. The van der Waals surface area contributed by atoms with Crippen LogP contribution in [0.1, 0.15) is 17.4 Å². The molecule has 0 unspecified atom stereocenters. The van der Waals surface area contributed by atoms with Gasteiger partial charge in [0.25, 0.3) is 0 Å². The number of pyridine rings is 1. The lowest BCUT2D eigenvalue weighted by atomic mass is 9.98. The molecule has 3 heterocycles. The number of carbonyl (C=O) groups excluding carboxylic acids is 2. The van der Waals surface area contributed by atoms with Gasteiger partial charge in [-0.15, -0.1) is 11.3 Å². The van der Waals surface area contributed by atoms with Crippen molar-refractivity contribution in [2.24, 2.45) is 5.92 Å². The molecule has 0 radical (unpaired) electrons. The van der Waals surface area contributed by atoms with Gasteiger partial charge in [0.15, 0.2) is 0 Å². The molecule has 1 saturated heterocycles. The molecule has 23 heavy (non-hydrogen) atoms. The summed E-state index contributed by atoms with van der Waals surface area (Å²) >= 11 is 1.65. The number of amides is 2. The summed E-state index contributed by atoms with van der Waals surface area (Å²) in [5.41, 5.74) is 1.06. The van der Waals surface area contributed by atoms with Crippen molar-refractivity contribution >= 4 is 23.2 Å². The number of likely N-dealkylation sites (tertiary alicyclic amines) is 1. The van der Waals surface area contributed by atoms with Crippen molar-refractivity contribution < 1.29 is 9.59 Å². The SMILES string of the molecule is CC(=O)N1CC(C(=O)N(Cc2ccncc2)Cc2cccs2)C1. The average Bonchev–Trinajstić information content (AvgIpc) is 2.98. The fourth-order valence-electron chi connectivity index (χ4n) is 2.66. The molecule has 120 valence electrons. The van der Waals surface area contributed by atoms with Crippen LogP contribution in [0.15, 0.2) is 42.0 Å². The number of carbonyl (C=O) groups is 2. The minimum absolute atomic E-state index is 0.0352. The summed E-state index contributed by atoms with van der Waals surface area (Å²) in [4.78, 5) is 32.9. The standard InChI is InChI=1S/C17H19N3O2S/c1-13(21)19-10-15(11-19)17(22)20(12-16-3-2-8-23-16)9-14-4-6-18-7-5-14/h2-8,15H,9-12H2,1H3. The fourth-order valence-corrected chi connectivity index (χ4v) is 3.38. The van der Waals surface area contributed by atoms with E-state index in [1.807, 2.05) is 34.5 Å². The Bertz CT molecular complexity index is 666. The number of hydrogen-bond donors (Lipinski definition) is 0. The predicted molar refractivity (Wildman–Crippen MR) is 88.6 cm³/mol. The van der Waals surface area contributed by atoms with Gasteiger partial charge in [0, 0.05) is 43.8 Å². The molecule has 0 spiro atoms. The third kappa shape index (κ3) is 3.76. The topological polar surface area (TPSA) is 53.5 Å². The molecular weight excluding hydrogens is 310 g/mol. The maximum absolute atomic E-state index is 12.8. The molecule has 0 atom stereocenters. The molecule has 2 aromatic rings. The summed E-state index contributed by atoms with van der Waals surface area (Å²) in [7, 11) is 0. The van der Waals surface area contributed by atoms with Crippen LogP contribution in [-0.4, -0.2) is 39.7 Å². The van der Waals surface area contributed by atoms with Gasteiger partial charge in [-0.25, -0.2) is 0 Å². The molecule has 0 aliphatic carbocycles. The maximum Gasteiger partial charge on any atom is 0.229 e. The Balaban J connectivity index is 1.69. The molecule has 5 nitrogen and oxygen atoms in total. The van der Waals surface area contributed by atoms with E-state index in [1.165, 1.54) is 0 Å². The van der Waals surface area contributed by atoms with E-state index >= 15 is 0 Å². The lowest BCUT2D eigenvalue weighted by Gasteiger charge is -2.40. The van der Waals surface area contributed by atoms with Gasteiger partial charge < -0.3 is 9.80 Å². The van der Waals surface area contributed by atoms with Crippen molar-refractivity contribution in [2.45, 2.75) is 20.0 Å². The van der Waals surface area contributed by atoms with E-state index in [-0.39, 0.29) is 17.7 Å². The molecule has 2 amide bonds. The van der Waals surface area contributed by atoms with Crippen LogP contribution in [0.3, 0.4) is 0 Å². The van der Waals surface area contributed by atoms with Crippen LogP contribution in [-0.2, 0) is 22.7 Å². The second kappa shape index (κ2) is 6.91. The second-order valence-electron chi connectivity index (χ2n) is 5.75. The fraction of sp³-hybridized carbons (Fsp3) is 0.353. The van der Waals surface area contributed by atoms with Crippen LogP contribution in [0.25, 0.3) is 0 Å². The van der Waals surface area contributed by atoms with Crippen molar-refractivity contribution in [3.63, 3.8) is 0 Å². The van der Waals surface area contributed by atoms with Crippen LogP contribution >= 0.6 is 11.3 Å². The van der Waals surface area contributed by atoms with Gasteiger partial charge in [0.1, 0.15) is 0 Å². The smallest absolute Gasteiger partial charge is 0.229 e. The van der Waals surface area contributed by atoms with E-state index in [0.29, 0.717) is 26.2 Å². The zero-order chi connectivity index (χ0) is 16.2. The highest BCUT2D eigenvalue weighted by Crippen LogP contribution is 2.22. The van der Waals surface area contributed by atoms with Gasteiger partial charge in [0.05, 0.1) is 12.5 Å². The Morgan fingerprint density at radius 1 is 1.26 bits per heavy atom. The Labute approximate surface area is 139 Å². The molecule has 2 aromatic heterocycles. The summed E-state index contributed by atoms with van der Waals surface area (Å²) in [6.07, 6.45) is 3.48. The largest absolute Gasteiger partial charge is 0.341 e. The molecular formula is C17H19N3O2S. The number of hydrogen-bond acceptors (Lipinski definition) is 4. The van der Waals surface area contributed by atoms with E-state index in [9.17, 15) is 9.59 Å². The second-order valence-corrected chi connectivity index (χ2v) is 6.78. The molecule has 0 aromatic carbocycles. The minimum Gasteiger partial charge on any atom is -0.341 e. The first kappa shape index (κ1) is 15.7. The first-order valence-electron chi connectivity index (χ1n) is 7.59. The molecule has 0 N–H and O–H groups in total. The Hall–Kier alpha value is -2.21. The van der Waals surface area contributed by atoms with Crippen molar-refractivity contribution in [1.29, 1.82) is 0 Å². The van der Waals surface area contributed by atoms with Gasteiger partial charge in [-0.05, 0) is 29.1 Å². The predicted octanol–water partition coefficient (Wildman–Crippen LogP) is 2.15. The van der Waals surface area contributed by atoms with Crippen LogP contribution < -0.4 is 0 Å². The minimum atomic E-state index is -0.0827. The lowest BCUT2D eigenvalue weighted by Crippen LogP contribution is -2.55. The van der Waals surface area contributed by atoms with Crippen molar-refractivity contribution in [2.75, 3.05) is 13.1 Å². The molecule has 0 bridgehead atoms. The summed E-state index contributed by atoms with van der Waals surface area (Å²) in [6, 6.07) is 7.89. The molecule has 1 fully saturated rings. The van der Waals surface area contributed by atoms with Crippen LogP contribution in [0, 0.1) is 5.92 Å². The summed E-state index contributed by atoms with van der Waals surface area (Å²) in [6.45, 7) is 3.78. The lowest BCUT2D eigenvalue weighted by molar-refractivity contribution is -0.148. The van der Waals surface area contributed by atoms with E-state index in [2.05, 4.69) is 4.98 Å². The quantitative estimate of drug-likeness (QED) is 0.844. The summed E-state index contributed by atoms with van der Waals surface area (Å²) in [5, 5.41) is 2.02. The van der Waals surface area contributed by atoms with E-state index in [1.54, 1.807) is 35.6 Å². The molecule has 3 rings (SSSR count). The van der Waals surface area contributed by atoms with Crippen molar-refractivity contribution in [3.8, 4) is 0 Å². The monoisotopic (exact) mass is 329 g/mol. The third-order valence-corrected chi connectivity index (χ3v) is 4.90.